The summed E-state index contributed by atoms with van der Waals surface area (Å²) < 4.78 is 28.7. The molecule has 0 bridgehead atoms. The summed E-state index contributed by atoms with van der Waals surface area (Å²) in [4.78, 5) is 35.9. The highest BCUT2D eigenvalue weighted by Gasteiger charge is 2.16. The van der Waals surface area contributed by atoms with E-state index in [1.165, 1.54) is 24.3 Å². The predicted octanol–water partition coefficient (Wildman–Crippen LogP) is 3.96. The normalized spacial score (nSPS) is 10.7. The molecule has 0 aliphatic rings. The van der Waals surface area contributed by atoms with Crippen molar-refractivity contribution in [1.82, 2.24) is 0 Å². The average Bonchev–Trinajstić information content (AvgIpc) is 2.67. The van der Waals surface area contributed by atoms with Gasteiger partial charge in [0, 0.05) is 23.9 Å². The largest absolute Gasteiger partial charge is 0.466 e. The number of benzene rings is 2. The summed E-state index contributed by atoms with van der Waals surface area (Å²) in [7, 11) is 0. The molecule has 0 unspecified atom stereocenters. The standard InChI is InChI=1S/C22H19FO6/c1-3-27-20(24)9-6-15-11-17-13(2)10-21(25)28-19(17)12-18(15)29-22(26)14-4-7-16(23)8-5-14/h4-5,7-8,10-12H,3,6,9H2,1-2H3. The molecule has 7 heteroatoms. The lowest BCUT2D eigenvalue weighted by Crippen LogP contribution is -2.11. The molecule has 1 heterocycles. The molecule has 0 aliphatic carbocycles. The topological polar surface area (TPSA) is 82.8 Å². The first-order valence-corrected chi connectivity index (χ1v) is 9.08. The number of fused-ring (bicyclic) bond motifs is 1. The Balaban J connectivity index is 1.98. The fraction of sp³-hybridized carbons (Fsp3) is 0.227. The van der Waals surface area contributed by atoms with Crippen LogP contribution in [0.4, 0.5) is 4.39 Å². The minimum Gasteiger partial charge on any atom is -0.466 e. The molecule has 0 spiro atoms. The summed E-state index contributed by atoms with van der Waals surface area (Å²) >= 11 is 0. The molecule has 3 aromatic rings. The van der Waals surface area contributed by atoms with Crippen LogP contribution in [-0.2, 0) is 16.0 Å². The molecule has 0 saturated heterocycles. The molecule has 150 valence electrons. The first-order chi connectivity index (χ1) is 13.9. The van der Waals surface area contributed by atoms with E-state index in [1.54, 1.807) is 19.9 Å². The summed E-state index contributed by atoms with van der Waals surface area (Å²) in [6.45, 7) is 3.75. The molecular formula is C22H19FO6. The third-order valence-electron chi connectivity index (χ3n) is 4.32. The maximum absolute atomic E-state index is 13.1. The summed E-state index contributed by atoms with van der Waals surface area (Å²) in [5.41, 5.74) is 1.18. The van der Waals surface area contributed by atoms with Crippen molar-refractivity contribution in [2.24, 2.45) is 0 Å². The van der Waals surface area contributed by atoms with Crippen LogP contribution in [0.25, 0.3) is 11.0 Å². The average molecular weight is 398 g/mol. The number of ether oxygens (including phenoxy) is 2. The molecule has 0 fully saturated rings. The van der Waals surface area contributed by atoms with Crippen LogP contribution in [0.1, 0.15) is 34.8 Å². The third kappa shape index (κ3) is 4.87. The SMILES string of the molecule is CCOC(=O)CCc1cc2c(C)cc(=O)oc2cc1OC(=O)c1ccc(F)cc1. The Morgan fingerprint density at radius 1 is 1.10 bits per heavy atom. The van der Waals surface area contributed by atoms with Crippen LogP contribution in [0.2, 0.25) is 0 Å². The maximum Gasteiger partial charge on any atom is 0.343 e. The van der Waals surface area contributed by atoms with E-state index in [0.717, 1.165) is 12.1 Å². The lowest BCUT2D eigenvalue weighted by Gasteiger charge is -2.12. The van der Waals surface area contributed by atoms with Crippen LogP contribution >= 0.6 is 0 Å². The van der Waals surface area contributed by atoms with Crippen molar-refractivity contribution >= 4 is 22.9 Å². The third-order valence-corrected chi connectivity index (χ3v) is 4.32. The van der Waals surface area contributed by atoms with Gasteiger partial charge in [-0.1, -0.05) is 0 Å². The number of hydrogen-bond acceptors (Lipinski definition) is 6. The second-order valence-electron chi connectivity index (χ2n) is 6.41. The van der Waals surface area contributed by atoms with Gasteiger partial charge in [0.15, 0.2) is 0 Å². The Labute approximate surface area is 165 Å². The predicted molar refractivity (Wildman–Crippen MR) is 104 cm³/mol. The Kier molecular flexibility index (Phi) is 6.07. The molecular weight excluding hydrogens is 379 g/mol. The smallest absolute Gasteiger partial charge is 0.343 e. The van der Waals surface area contributed by atoms with E-state index in [1.807, 2.05) is 0 Å². The molecule has 6 nitrogen and oxygen atoms in total. The summed E-state index contributed by atoms with van der Waals surface area (Å²) in [5, 5.41) is 0.671. The van der Waals surface area contributed by atoms with Gasteiger partial charge in [0.05, 0.1) is 12.2 Å². The van der Waals surface area contributed by atoms with Crippen LogP contribution in [0, 0.1) is 12.7 Å². The Hall–Kier alpha value is -3.48. The van der Waals surface area contributed by atoms with Gasteiger partial charge in [-0.05, 0) is 61.7 Å². The van der Waals surface area contributed by atoms with Crippen molar-refractivity contribution < 1.29 is 27.9 Å². The first-order valence-electron chi connectivity index (χ1n) is 9.08. The van der Waals surface area contributed by atoms with Crippen molar-refractivity contribution in [3.8, 4) is 5.75 Å². The van der Waals surface area contributed by atoms with Crippen molar-refractivity contribution in [2.45, 2.75) is 26.7 Å². The highest BCUT2D eigenvalue weighted by atomic mass is 19.1. The van der Waals surface area contributed by atoms with Crippen LogP contribution in [0.15, 0.2) is 51.7 Å². The minimum atomic E-state index is -0.697. The van der Waals surface area contributed by atoms with E-state index < -0.39 is 17.4 Å². The van der Waals surface area contributed by atoms with Crippen molar-refractivity contribution in [3.63, 3.8) is 0 Å². The maximum atomic E-state index is 13.1. The quantitative estimate of drug-likeness (QED) is 0.355. The van der Waals surface area contributed by atoms with Gasteiger partial charge in [-0.3, -0.25) is 4.79 Å². The number of rotatable bonds is 6. The zero-order valence-electron chi connectivity index (χ0n) is 16.0. The second kappa shape index (κ2) is 8.68. The zero-order chi connectivity index (χ0) is 21.0. The molecule has 3 rings (SSSR count). The van der Waals surface area contributed by atoms with E-state index >= 15 is 0 Å². The molecule has 0 atom stereocenters. The Morgan fingerprint density at radius 3 is 2.52 bits per heavy atom. The molecule has 0 amide bonds. The van der Waals surface area contributed by atoms with Gasteiger partial charge in [-0.25, -0.2) is 14.0 Å². The van der Waals surface area contributed by atoms with Gasteiger partial charge in [0.2, 0.25) is 0 Å². The minimum absolute atomic E-state index is 0.0935. The fourth-order valence-electron chi connectivity index (χ4n) is 2.90. The van der Waals surface area contributed by atoms with Gasteiger partial charge < -0.3 is 13.9 Å². The molecule has 2 aromatic carbocycles. The lowest BCUT2D eigenvalue weighted by molar-refractivity contribution is -0.143. The van der Waals surface area contributed by atoms with Crippen molar-refractivity contribution in [2.75, 3.05) is 6.61 Å². The van der Waals surface area contributed by atoms with Gasteiger partial charge in [0.25, 0.3) is 0 Å². The molecule has 0 aliphatic heterocycles. The summed E-state index contributed by atoms with van der Waals surface area (Å²) in [5.74, 6) is -1.39. The first kappa shape index (κ1) is 20.3. The van der Waals surface area contributed by atoms with Crippen LogP contribution in [0.3, 0.4) is 0 Å². The van der Waals surface area contributed by atoms with E-state index in [4.69, 9.17) is 13.9 Å². The van der Waals surface area contributed by atoms with E-state index in [2.05, 4.69) is 0 Å². The van der Waals surface area contributed by atoms with Gasteiger partial charge in [-0.2, -0.15) is 0 Å². The van der Waals surface area contributed by atoms with Crippen LogP contribution in [0.5, 0.6) is 5.75 Å². The number of carbonyl (C=O) groups is 2. The number of hydrogen-bond donors (Lipinski definition) is 0. The van der Waals surface area contributed by atoms with E-state index in [0.29, 0.717) is 16.5 Å². The monoisotopic (exact) mass is 398 g/mol. The van der Waals surface area contributed by atoms with Gasteiger partial charge in [0.1, 0.15) is 17.1 Å². The van der Waals surface area contributed by atoms with Gasteiger partial charge in [-0.15, -0.1) is 0 Å². The van der Waals surface area contributed by atoms with Crippen molar-refractivity contribution in [3.05, 3.63) is 75.4 Å². The Morgan fingerprint density at radius 2 is 1.83 bits per heavy atom. The molecule has 0 N–H and O–H groups in total. The van der Waals surface area contributed by atoms with E-state index in [-0.39, 0.29) is 42.3 Å². The Bertz CT molecular complexity index is 1110. The zero-order valence-corrected chi connectivity index (χ0v) is 16.0. The lowest BCUT2D eigenvalue weighted by atomic mass is 10.0. The fourth-order valence-corrected chi connectivity index (χ4v) is 2.90. The van der Waals surface area contributed by atoms with Crippen LogP contribution in [-0.4, -0.2) is 18.5 Å². The van der Waals surface area contributed by atoms with Gasteiger partial charge >= 0.3 is 17.6 Å². The molecule has 1 aromatic heterocycles. The molecule has 0 radical (unpaired) electrons. The summed E-state index contributed by atoms with van der Waals surface area (Å²) in [6.07, 6.45) is 0.357. The second-order valence-corrected chi connectivity index (χ2v) is 6.41. The van der Waals surface area contributed by atoms with E-state index in [9.17, 15) is 18.8 Å². The van der Waals surface area contributed by atoms with Crippen LogP contribution < -0.4 is 10.4 Å². The summed E-state index contributed by atoms with van der Waals surface area (Å²) in [6, 6.07) is 9.46. The molecule has 0 saturated carbocycles. The highest BCUT2D eigenvalue weighted by molar-refractivity contribution is 5.92. The number of esters is 2. The number of aryl methyl sites for hydroxylation is 2. The van der Waals surface area contributed by atoms with Crippen molar-refractivity contribution in [1.29, 1.82) is 0 Å². The highest BCUT2D eigenvalue weighted by Crippen LogP contribution is 2.29. The number of halogens is 1. The molecule has 29 heavy (non-hydrogen) atoms. The number of carbonyl (C=O) groups excluding carboxylic acids is 2.